The number of hydrogen-bond acceptors (Lipinski definition) is 2. The molecule has 0 N–H and O–H groups in total. The van der Waals surface area contributed by atoms with Gasteiger partial charge in [0, 0.05) is 25.1 Å². The Bertz CT molecular complexity index is 395. The lowest BCUT2D eigenvalue weighted by atomic mass is 10.2. The molecule has 2 heteroatoms. The molecule has 0 spiro atoms. The van der Waals surface area contributed by atoms with E-state index < -0.39 is 0 Å². The lowest BCUT2D eigenvalue weighted by molar-refractivity contribution is 0.101. The number of ketones is 1. The van der Waals surface area contributed by atoms with E-state index in [-0.39, 0.29) is 5.78 Å². The van der Waals surface area contributed by atoms with Gasteiger partial charge in [-0.1, -0.05) is 31.6 Å². The molecule has 0 aliphatic heterocycles. The van der Waals surface area contributed by atoms with Crippen molar-refractivity contribution in [2.75, 3.05) is 0 Å². The second-order valence-electron chi connectivity index (χ2n) is 3.75. The number of nitrogens with zero attached hydrogens (tertiary/aromatic N) is 1. The second-order valence-corrected chi connectivity index (χ2v) is 3.75. The van der Waals surface area contributed by atoms with Crippen molar-refractivity contribution >= 4 is 5.78 Å². The van der Waals surface area contributed by atoms with E-state index in [1.165, 1.54) is 19.8 Å². The Morgan fingerprint density at radius 2 is 2.19 bits per heavy atom. The fraction of sp³-hybridized carbons (Fsp3) is 0.429. The van der Waals surface area contributed by atoms with Gasteiger partial charge in [0.05, 0.1) is 0 Å². The van der Waals surface area contributed by atoms with Gasteiger partial charge in [0.2, 0.25) is 0 Å². The fourth-order valence-corrected chi connectivity index (χ4v) is 1.30. The van der Waals surface area contributed by atoms with Gasteiger partial charge in [-0.25, -0.2) is 0 Å². The van der Waals surface area contributed by atoms with Crippen LogP contribution in [-0.2, 0) is 0 Å². The molecular weight excluding hydrogens is 198 g/mol. The number of Topliss-reactive ketones (excluding diaryl/α,β-unsaturated/α-hetero) is 1. The van der Waals surface area contributed by atoms with Crippen LogP contribution >= 0.6 is 0 Å². The number of rotatable bonds is 4. The van der Waals surface area contributed by atoms with Gasteiger partial charge in [-0.3, -0.25) is 9.78 Å². The summed E-state index contributed by atoms with van der Waals surface area (Å²) in [7, 11) is 0. The van der Waals surface area contributed by atoms with Crippen molar-refractivity contribution in [2.24, 2.45) is 0 Å². The highest BCUT2D eigenvalue weighted by molar-refractivity contribution is 5.92. The molecule has 0 saturated heterocycles. The third kappa shape index (κ3) is 4.27. The summed E-state index contributed by atoms with van der Waals surface area (Å²) in [5, 5.41) is 0. The van der Waals surface area contributed by atoms with E-state index in [1.54, 1.807) is 12.3 Å². The molecule has 2 nitrogen and oxygen atoms in total. The first kappa shape index (κ1) is 12.4. The summed E-state index contributed by atoms with van der Waals surface area (Å²) < 4.78 is 0. The van der Waals surface area contributed by atoms with Crippen LogP contribution in [0.3, 0.4) is 0 Å². The first-order valence-corrected chi connectivity index (χ1v) is 5.70. The Balaban J connectivity index is 2.51. The second kappa shape index (κ2) is 6.79. The Morgan fingerprint density at radius 3 is 2.75 bits per heavy atom. The van der Waals surface area contributed by atoms with Crippen molar-refractivity contribution in [2.45, 2.75) is 39.5 Å². The van der Waals surface area contributed by atoms with Gasteiger partial charge in [-0.05, 0) is 18.6 Å². The predicted octanol–water partition coefficient (Wildman–Crippen LogP) is 3.22. The highest BCUT2D eigenvalue weighted by Crippen LogP contribution is 2.01. The van der Waals surface area contributed by atoms with Gasteiger partial charge >= 0.3 is 0 Å². The minimum absolute atomic E-state index is 0.0116. The van der Waals surface area contributed by atoms with E-state index in [4.69, 9.17) is 0 Å². The Labute approximate surface area is 97.1 Å². The quantitative estimate of drug-likeness (QED) is 0.438. The van der Waals surface area contributed by atoms with E-state index in [0.717, 1.165) is 18.4 Å². The third-order valence-corrected chi connectivity index (χ3v) is 2.26. The van der Waals surface area contributed by atoms with Crippen molar-refractivity contribution < 1.29 is 4.79 Å². The van der Waals surface area contributed by atoms with E-state index in [0.29, 0.717) is 5.69 Å². The van der Waals surface area contributed by atoms with Crippen molar-refractivity contribution in [3.63, 3.8) is 0 Å². The molecule has 0 fully saturated rings. The van der Waals surface area contributed by atoms with E-state index in [9.17, 15) is 4.79 Å². The highest BCUT2D eigenvalue weighted by atomic mass is 16.1. The zero-order valence-electron chi connectivity index (χ0n) is 9.92. The van der Waals surface area contributed by atoms with Gasteiger partial charge in [0.1, 0.15) is 5.69 Å². The molecule has 1 aromatic heterocycles. The Kier molecular flexibility index (Phi) is 5.28. The summed E-state index contributed by atoms with van der Waals surface area (Å²) in [6.45, 7) is 3.69. The Hall–Kier alpha value is -1.62. The van der Waals surface area contributed by atoms with E-state index in [1.807, 2.05) is 6.07 Å². The molecule has 0 aliphatic carbocycles. The average Bonchev–Trinajstić information content (AvgIpc) is 2.29. The number of pyridine rings is 1. The minimum atomic E-state index is -0.0116. The van der Waals surface area contributed by atoms with E-state index in [2.05, 4.69) is 23.7 Å². The molecule has 16 heavy (non-hydrogen) atoms. The molecule has 0 bridgehead atoms. The summed E-state index contributed by atoms with van der Waals surface area (Å²) in [5.74, 6) is 6.14. The summed E-state index contributed by atoms with van der Waals surface area (Å²) in [6, 6.07) is 3.56. The number of hydrogen-bond donors (Lipinski definition) is 0. The molecule has 0 aromatic carbocycles. The molecular formula is C14H17NO. The predicted molar refractivity (Wildman–Crippen MR) is 65.3 cm³/mol. The van der Waals surface area contributed by atoms with Crippen molar-refractivity contribution in [3.8, 4) is 11.8 Å². The van der Waals surface area contributed by atoms with Crippen LogP contribution in [0.4, 0.5) is 0 Å². The van der Waals surface area contributed by atoms with Crippen LogP contribution in [0.1, 0.15) is 55.6 Å². The zero-order valence-corrected chi connectivity index (χ0v) is 9.92. The standard InChI is InChI=1S/C14H17NO/c1-3-4-5-6-7-8-13-9-10-14(12(2)16)15-11-13/h9-11H,3-6H2,1-2H3. The number of aromatic nitrogens is 1. The average molecular weight is 215 g/mol. The number of carbonyl (C=O) groups excluding carboxylic acids is 1. The van der Waals surface area contributed by atoms with Crippen LogP contribution in [0, 0.1) is 11.8 Å². The molecule has 0 atom stereocenters. The molecule has 0 saturated carbocycles. The van der Waals surface area contributed by atoms with Gasteiger partial charge < -0.3 is 0 Å². The van der Waals surface area contributed by atoms with Crippen molar-refractivity contribution in [3.05, 3.63) is 29.6 Å². The number of unbranched alkanes of at least 4 members (excludes halogenated alkanes) is 3. The Morgan fingerprint density at radius 1 is 1.38 bits per heavy atom. The maximum atomic E-state index is 11.0. The SMILES string of the molecule is CCCCCC#Cc1ccc(C(C)=O)nc1. The first-order chi connectivity index (χ1) is 7.74. The summed E-state index contributed by atoms with van der Waals surface area (Å²) >= 11 is 0. The lowest BCUT2D eigenvalue weighted by Gasteiger charge is -1.94. The zero-order chi connectivity index (χ0) is 11.8. The van der Waals surface area contributed by atoms with Crippen LogP contribution in [0.5, 0.6) is 0 Å². The molecule has 0 unspecified atom stereocenters. The van der Waals surface area contributed by atoms with Crippen LogP contribution in [0.15, 0.2) is 18.3 Å². The summed E-state index contributed by atoms with van der Waals surface area (Å²) in [4.78, 5) is 15.0. The maximum Gasteiger partial charge on any atom is 0.178 e. The van der Waals surface area contributed by atoms with Crippen LogP contribution in [0.2, 0.25) is 0 Å². The molecule has 1 heterocycles. The van der Waals surface area contributed by atoms with Crippen LogP contribution in [0.25, 0.3) is 0 Å². The van der Waals surface area contributed by atoms with Crippen LogP contribution in [-0.4, -0.2) is 10.8 Å². The maximum absolute atomic E-state index is 11.0. The molecule has 0 radical (unpaired) electrons. The molecule has 0 aliphatic rings. The fourth-order valence-electron chi connectivity index (χ4n) is 1.30. The van der Waals surface area contributed by atoms with Gasteiger partial charge in [-0.2, -0.15) is 0 Å². The summed E-state index contributed by atoms with van der Waals surface area (Å²) in [5.41, 5.74) is 1.37. The normalized spacial score (nSPS) is 9.38. The molecule has 1 aromatic rings. The minimum Gasteiger partial charge on any atom is -0.293 e. The number of carbonyl (C=O) groups is 1. The first-order valence-electron chi connectivity index (χ1n) is 5.70. The summed E-state index contributed by atoms with van der Waals surface area (Å²) in [6.07, 6.45) is 6.20. The molecule has 84 valence electrons. The van der Waals surface area contributed by atoms with Crippen molar-refractivity contribution in [1.29, 1.82) is 0 Å². The molecule has 0 amide bonds. The largest absolute Gasteiger partial charge is 0.293 e. The van der Waals surface area contributed by atoms with Gasteiger partial charge in [0.15, 0.2) is 5.78 Å². The van der Waals surface area contributed by atoms with Gasteiger partial charge in [-0.15, -0.1) is 0 Å². The monoisotopic (exact) mass is 215 g/mol. The molecule has 1 rings (SSSR count). The third-order valence-electron chi connectivity index (χ3n) is 2.26. The topological polar surface area (TPSA) is 30.0 Å². The smallest absolute Gasteiger partial charge is 0.178 e. The van der Waals surface area contributed by atoms with E-state index >= 15 is 0 Å². The van der Waals surface area contributed by atoms with Gasteiger partial charge in [0.25, 0.3) is 0 Å². The lowest BCUT2D eigenvalue weighted by Crippen LogP contribution is -1.95. The van der Waals surface area contributed by atoms with Crippen molar-refractivity contribution in [1.82, 2.24) is 4.98 Å². The van der Waals surface area contributed by atoms with Crippen LogP contribution < -0.4 is 0 Å². The highest BCUT2D eigenvalue weighted by Gasteiger charge is 1.98.